The molecular formula is C9H11BrClN3O. The molecule has 0 spiro atoms. The molecule has 1 amide bonds. The first-order chi connectivity index (χ1) is 7.02. The third-order valence-corrected chi connectivity index (χ3v) is 2.96. The van der Waals surface area contributed by atoms with Crippen molar-refractivity contribution >= 4 is 39.4 Å². The molecule has 0 aromatic carbocycles. The fourth-order valence-corrected chi connectivity index (χ4v) is 1.31. The molecule has 0 bridgehead atoms. The number of rotatable bonds is 3. The fraction of sp³-hybridized carbons (Fsp3) is 0.444. The van der Waals surface area contributed by atoms with E-state index in [1.54, 1.807) is 13.0 Å². The maximum Gasteiger partial charge on any atom is 0.240 e. The predicted octanol–water partition coefficient (Wildman–Crippen LogP) is 2.55. The van der Waals surface area contributed by atoms with Gasteiger partial charge in [-0.2, -0.15) is 0 Å². The van der Waals surface area contributed by atoms with E-state index < -0.39 is 0 Å². The van der Waals surface area contributed by atoms with Gasteiger partial charge in [0.25, 0.3) is 0 Å². The number of hydrogen-bond donors (Lipinski definition) is 1. The maximum atomic E-state index is 11.5. The zero-order chi connectivity index (χ0) is 11.4. The Morgan fingerprint density at radius 1 is 1.67 bits per heavy atom. The van der Waals surface area contributed by atoms with Crippen molar-refractivity contribution in [1.29, 1.82) is 0 Å². The number of anilines is 1. The average Bonchev–Trinajstić information content (AvgIpc) is 2.14. The Labute approximate surface area is 102 Å². The highest BCUT2D eigenvalue weighted by atomic mass is 79.9. The molecule has 0 saturated carbocycles. The van der Waals surface area contributed by atoms with Crippen molar-refractivity contribution in [3.05, 3.63) is 16.9 Å². The number of carbonyl (C=O) groups is 1. The molecule has 1 heterocycles. The van der Waals surface area contributed by atoms with Gasteiger partial charge in [0.15, 0.2) is 0 Å². The van der Waals surface area contributed by atoms with Crippen molar-refractivity contribution in [1.82, 2.24) is 9.97 Å². The molecule has 0 saturated heterocycles. The van der Waals surface area contributed by atoms with Crippen LogP contribution in [0.1, 0.15) is 19.0 Å². The average molecular weight is 293 g/mol. The van der Waals surface area contributed by atoms with Gasteiger partial charge in [0.2, 0.25) is 11.9 Å². The van der Waals surface area contributed by atoms with Gasteiger partial charge in [-0.15, -0.1) is 0 Å². The Morgan fingerprint density at radius 2 is 2.33 bits per heavy atom. The second-order valence-corrected chi connectivity index (χ2v) is 4.51. The molecule has 0 aliphatic rings. The first-order valence-electron chi connectivity index (χ1n) is 4.49. The van der Waals surface area contributed by atoms with Crippen molar-refractivity contribution in [2.75, 3.05) is 5.32 Å². The Kier molecular flexibility index (Phi) is 4.47. The van der Waals surface area contributed by atoms with Crippen LogP contribution in [0.3, 0.4) is 0 Å². The van der Waals surface area contributed by atoms with Crippen LogP contribution in [0.2, 0.25) is 5.15 Å². The monoisotopic (exact) mass is 291 g/mol. The van der Waals surface area contributed by atoms with Crippen LogP contribution in [0.5, 0.6) is 0 Å². The molecule has 1 unspecified atom stereocenters. The van der Waals surface area contributed by atoms with Gasteiger partial charge in [0.05, 0.1) is 4.83 Å². The fourth-order valence-electron chi connectivity index (χ4n) is 0.960. The highest BCUT2D eigenvalue weighted by Crippen LogP contribution is 2.12. The number of amides is 1. The van der Waals surface area contributed by atoms with E-state index in [-0.39, 0.29) is 16.7 Å². The number of nitrogens with zero attached hydrogens (tertiary/aromatic N) is 2. The van der Waals surface area contributed by atoms with Gasteiger partial charge < -0.3 is 0 Å². The Hall–Kier alpha value is -0.680. The van der Waals surface area contributed by atoms with E-state index in [9.17, 15) is 4.79 Å². The third-order valence-electron chi connectivity index (χ3n) is 1.70. The molecule has 1 rings (SSSR count). The molecule has 1 atom stereocenters. The Bertz CT molecular complexity index is 352. The highest BCUT2D eigenvalue weighted by molar-refractivity contribution is 9.10. The first kappa shape index (κ1) is 12.4. The maximum absolute atomic E-state index is 11.5. The van der Waals surface area contributed by atoms with Crippen LogP contribution in [-0.2, 0) is 4.79 Å². The molecule has 0 aliphatic heterocycles. The summed E-state index contributed by atoms with van der Waals surface area (Å²) in [5.74, 6) is 0.0714. The summed E-state index contributed by atoms with van der Waals surface area (Å²) >= 11 is 8.97. The minimum Gasteiger partial charge on any atom is -0.293 e. The molecule has 1 N–H and O–H groups in total. The summed E-state index contributed by atoms with van der Waals surface area (Å²) in [6.07, 6.45) is 0.700. The van der Waals surface area contributed by atoms with Crippen molar-refractivity contribution in [2.24, 2.45) is 0 Å². The summed E-state index contributed by atoms with van der Waals surface area (Å²) in [4.78, 5) is 19.2. The smallest absolute Gasteiger partial charge is 0.240 e. The summed E-state index contributed by atoms with van der Waals surface area (Å²) < 4.78 is 0. The number of carbonyl (C=O) groups excluding carboxylic acids is 1. The van der Waals surface area contributed by atoms with E-state index in [0.717, 1.165) is 0 Å². The van der Waals surface area contributed by atoms with Crippen LogP contribution in [0, 0.1) is 6.92 Å². The molecule has 1 aromatic rings. The second kappa shape index (κ2) is 5.42. The molecule has 1 aromatic heterocycles. The number of halogens is 2. The zero-order valence-corrected chi connectivity index (χ0v) is 10.8. The zero-order valence-electron chi connectivity index (χ0n) is 8.42. The number of nitrogens with one attached hydrogen (secondary N) is 1. The van der Waals surface area contributed by atoms with Crippen molar-refractivity contribution < 1.29 is 4.79 Å². The van der Waals surface area contributed by atoms with Gasteiger partial charge in [-0.25, -0.2) is 9.97 Å². The van der Waals surface area contributed by atoms with Crippen LogP contribution >= 0.6 is 27.5 Å². The van der Waals surface area contributed by atoms with Gasteiger partial charge in [0.1, 0.15) is 5.15 Å². The molecule has 15 heavy (non-hydrogen) atoms. The molecule has 82 valence electrons. The van der Waals surface area contributed by atoms with Crippen LogP contribution in [0.15, 0.2) is 6.07 Å². The third kappa shape index (κ3) is 3.76. The molecule has 0 radical (unpaired) electrons. The molecule has 0 fully saturated rings. The van der Waals surface area contributed by atoms with Gasteiger partial charge in [-0.3, -0.25) is 10.1 Å². The highest BCUT2D eigenvalue weighted by Gasteiger charge is 2.13. The minimum absolute atomic E-state index is 0.167. The molecule has 4 nitrogen and oxygen atoms in total. The predicted molar refractivity (Wildman–Crippen MR) is 63.4 cm³/mol. The summed E-state index contributed by atoms with van der Waals surface area (Å²) in [6.45, 7) is 3.69. The van der Waals surface area contributed by atoms with E-state index in [1.165, 1.54) is 0 Å². The SMILES string of the molecule is CCC(Br)C(=O)Nc1nc(C)cc(Cl)n1. The lowest BCUT2D eigenvalue weighted by molar-refractivity contribution is -0.115. The van der Waals surface area contributed by atoms with Crippen LogP contribution in [0.4, 0.5) is 5.95 Å². The second-order valence-electron chi connectivity index (χ2n) is 3.02. The van der Waals surface area contributed by atoms with Crippen LogP contribution < -0.4 is 5.32 Å². The van der Waals surface area contributed by atoms with E-state index in [4.69, 9.17) is 11.6 Å². The quantitative estimate of drug-likeness (QED) is 0.688. The number of alkyl halides is 1. The summed E-state index contributed by atoms with van der Waals surface area (Å²) in [7, 11) is 0. The first-order valence-corrected chi connectivity index (χ1v) is 5.78. The van der Waals surface area contributed by atoms with E-state index in [1.807, 2.05) is 6.92 Å². The van der Waals surface area contributed by atoms with Crippen LogP contribution in [0.25, 0.3) is 0 Å². The van der Waals surface area contributed by atoms with E-state index >= 15 is 0 Å². The topological polar surface area (TPSA) is 54.9 Å². The van der Waals surface area contributed by atoms with Gasteiger partial charge in [-0.05, 0) is 19.4 Å². The lowest BCUT2D eigenvalue weighted by atomic mass is 10.3. The van der Waals surface area contributed by atoms with Gasteiger partial charge in [0, 0.05) is 5.69 Å². The largest absolute Gasteiger partial charge is 0.293 e. The van der Waals surface area contributed by atoms with E-state index in [0.29, 0.717) is 17.3 Å². The Morgan fingerprint density at radius 3 is 2.87 bits per heavy atom. The number of aryl methyl sites for hydroxylation is 1. The van der Waals surface area contributed by atoms with Gasteiger partial charge >= 0.3 is 0 Å². The van der Waals surface area contributed by atoms with Crippen LogP contribution in [-0.4, -0.2) is 20.7 Å². The minimum atomic E-state index is -0.236. The summed E-state index contributed by atoms with van der Waals surface area (Å²) in [6, 6.07) is 1.63. The number of hydrogen-bond acceptors (Lipinski definition) is 3. The summed E-state index contributed by atoms with van der Waals surface area (Å²) in [5.41, 5.74) is 0.716. The summed E-state index contributed by atoms with van der Waals surface area (Å²) in [5, 5.41) is 2.90. The molecule has 0 aliphatic carbocycles. The Balaban J connectivity index is 2.76. The molecular weight excluding hydrogens is 281 g/mol. The lowest BCUT2D eigenvalue weighted by Gasteiger charge is -2.07. The van der Waals surface area contributed by atoms with Gasteiger partial charge in [-0.1, -0.05) is 34.5 Å². The van der Waals surface area contributed by atoms with E-state index in [2.05, 4.69) is 31.2 Å². The van der Waals surface area contributed by atoms with Crippen molar-refractivity contribution in [3.63, 3.8) is 0 Å². The normalized spacial score (nSPS) is 12.3. The standard InChI is InChI=1S/C9H11BrClN3O/c1-3-6(10)8(15)14-9-12-5(2)4-7(11)13-9/h4,6H,3H2,1-2H3,(H,12,13,14,15). The molecule has 6 heteroatoms. The lowest BCUT2D eigenvalue weighted by Crippen LogP contribution is -2.23. The number of aromatic nitrogens is 2. The van der Waals surface area contributed by atoms with Crippen molar-refractivity contribution in [3.8, 4) is 0 Å². The van der Waals surface area contributed by atoms with Crippen molar-refractivity contribution in [2.45, 2.75) is 25.1 Å².